The number of hydrogen-bond donors (Lipinski definition) is 4. The van der Waals surface area contributed by atoms with Gasteiger partial charge >= 0.3 is 0 Å². The van der Waals surface area contributed by atoms with Crippen molar-refractivity contribution in [2.45, 2.75) is 39.8 Å². The molecular weight excluding hydrogens is 435 g/mol. The van der Waals surface area contributed by atoms with Crippen LogP contribution in [0.3, 0.4) is 0 Å². The number of nitrogens with zero attached hydrogens (tertiary/aromatic N) is 1. The lowest BCUT2D eigenvalue weighted by atomic mass is 10.1. The van der Waals surface area contributed by atoms with Crippen molar-refractivity contribution in [1.82, 2.24) is 16.0 Å². The first-order chi connectivity index (χ1) is 11.3. The molecule has 0 atom stereocenters. The van der Waals surface area contributed by atoms with E-state index < -0.39 is 0 Å². The molecule has 0 aliphatic heterocycles. The fourth-order valence-corrected chi connectivity index (χ4v) is 1.99. The fourth-order valence-electron chi connectivity index (χ4n) is 1.99. The van der Waals surface area contributed by atoms with Gasteiger partial charge in [-0.1, -0.05) is 12.1 Å². The number of halogens is 1. The van der Waals surface area contributed by atoms with Gasteiger partial charge in [0.1, 0.15) is 0 Å². The Labute approximate surface area is 166 Å². The number of guanidine groups is 1. The molecule has 8 heteroatoms. The van der Waals surface area contributed by atoms with E-state index in [0.29, 0.717) is 23.8 Å². The highest BCUT2D eigenvalue weighted by molar-refractivity contribution is 14.0. The van der Waals surface area contributed by atoms with Crippen LogP contribution < -0.4 is 20.7 Å². The first kappa shape index (κ1) is 23.3. The van der Waals surface area contributed by atoms with Gasteiger partial charge in [0.15, 0.2) is 17.5 Å². The summed E-state index contributed by atoms with van der Waals surface area (Å²) in [6.07, 6.45) is 0. The molecule has 0 unspecified atom stereocenters. The molecule has 1 aromatic rings. The van der Waals surface area contributed by atoms with E-state index in [1.165, 1.54) is 7.11 Å². The van der Waals surface area contributed by atoms with Gasteiger partial charge in [-0.05, 0) is 33.8 Å². The van der Waals surface area contributed by atoms with Crippen molar-refractivity contribution in [3.63, 3.8) is 0 Å². The number of amides is 1. The molecule has 0 aliphatic carbocycles. The average molecular weight is 464 g/mol. The summed E-state index contributed by atoms with van der Waals surface area (Å²) < 4.78 is 5.08. The fraction of sp³-hybridized carbons (Fsp3) is 0.529. The molecule has 1 aromatic carbocycles. The van der Waals surface area contributed by atoms with E-state index in [9.17, 15) is 9.90 Å². The van der Waals surface area contributed by atoms with E-state index in [0.717, 1.165) is 0 Å². The Morgan fingerprint density at radius 3 is 2.52 bits per heavy atom. The highest BCUT2D eigenvalue weighted by Crippen LogP contribution is 2.29. The summed E-state index contributed by atoms with van der Waals surface area (Å²) in [7, 11) is 1.50. The van der Waals surface area contributed by atoms with Crippen LogP contribution in [0.4, 0.5) is 0 Å². The van der Waals surface area contributed by atoms with E-state index in [1.54, 1.807) is 18.2 Å². The third-order valence-corrected chi connectivity index (χ3v) is 2.99. The number of ether oxygens (including phenoxy) is 1. The number of aromatic hydroxyl groups is 1. The van der Waals surface area contributed by atoms with Gasteiger partial charge < -0.3 is 25.8 Å². The lowest BCUT2D eigenvalue weighted by Gasteiger charge is -2.21. The number of nitrogens with one attached hydrogen (secondary N) is 3. The Hall–Kier alpha value is -1.71. The molecule has 1 amide bonds. The van der Waals surface area contributed by atoms with Gasteiger partial charge in [-0.25, -0.2) is 4.99 Å². The molecule has 0 spiro atoms. The van der Waals surface area contributed by atoms with Crippen LogP contribution in [0.15, 0.2) is 23.2 Å². The van der Waals surface area contributed by atoms with Crippen molar-refractivity contribution in [2.75, 3.05) is 20.2 Å². The van der Waals surface area contributed by atoms with Crippen LogP contribution in [-0.4, -0.2) is 42.7 Å². The zero-order chi connectivity index (χ0) is 18.2. The van der Waals surface area contributed by atoms with Crippen LogP contribution in [0.1, 0.15) is 33.3 Å². The molecular formula is C17H29IN4O3. The number of carbonyl (C=O) groups excluding carboxylic acids is 1. The van der Waals surface area contributed by atoms with E-state index in [-0.39, 0.29) is 54.3 Å². The summed E-state index contributed by atoms with van der Waals surface area (Å²) in [5.41, 5.74) is 0.367. The number of rotatable bonds is 6. The zero-order valence-electron chi connectivity index (χ0n) is 15.5. The highest BCUT2D eigenvalue weighted by atomic mass is 127. The Bertz CT molecular complexity index is 586. The number of phenolic OH excluding ortho intramolecular Hbond substituents is 1. The van der Waals surface area contributed by atoms with E-state index in [2.05, 4.69) is 20.9 Å². The van der Waals surface area contributed by atoms with Gasteiger partial charge in [-0.15, -0.1) is 24.0 Å². The molecule has 0 saturated carbocycles. The summed E-state index contributed by atoms with van der Waals surface area (Å²) >= 11 is 0. The van der Waals surface area contributed by atoms with Crippen molar-refractivity contribution in [3.05, 3.63) is 23.8 Å². The van der Waals surface area contributed by atoms with Crippen LogP contribution in [0.2, 0.25) is 0 Å². The standard InChI is InChI=1S/C17H28N4O3.HI/c1-6-18-16(20-11-14(22)21-17(2,3)4)19-10-12-8-7-9-13(24-5)15(12)23;/h7-9,23H,6,10-11H2,1-5H3,(H,21,22)(H2,18,19,20);1H. The quantitative estimate of drug-likeness (QED) is 0.294. The number of phenols is 1. The summed E-state index contributed by atoms with van der Waals surface area (Å²) in [6, 6.07) is 5.25. The molecule has 7 nitrogen and oxygen atoms in total. The van der Waals surface area contributed by atoms with Crippen LogP contribution >= 0.6 is 24.0 Å². The maximum absolute atomic E-state index is 11.9. The van der Waals surface area contributed by atoms with Crippen molar-refractivity contribution >= 4 is 35.8 Å². The van der Waals surface area contributed by atoms with Gasteiger partial charge in [0.25, 0.3) is 0 Å². The molecule has 25 heavy (non-hydrogen) atoms. The molecule has 0 fully saturated rings. The van der Waals surface area contributed by atoms with E-state index in [4.69, 9.17) is 4.74 Å². The van der Waals surface area contributed by atoms with Crippen molar-refractivity contribution < 1.29 is 14.6 Å². The van der Waals surface area contributed by atoms with Crippen molar-refractivity contribution in [1.29, 1.82) is 0 Å². The Morgan fingerprint density at radius 2 is 1.96 bits per heavy atom. The Morgan fingerprint density at radius 1 is 1.28 bits per heavy atom. The van der Waals surface area contributed by atoms with Crippen LogP contribution in [0, 0.1) is 0 Å². The van der Waals surface area contributed by atoms with Gasteiger partial charge in [-0.3, -0.25) is 4.79 Å². The molecule has 0 bridgehead atoms. The van der Waals surface area contributed by atoms with Crippen LogP contribution in [-0.2, 0) is 11.3 Å². The molecule has 0 heterocycles. The summed E-state index contributed by atoms with van der Waals surface area (Å²) in [5, 5.41) is 19.0. The first-order valence-corrected chi connectivity index (χ1v) is 7.95. The van der Waals surface area contributed by atoms with Crippen LogP contribution in [0.5, 0.6) is 11.5 Å². The third-order valence-electron chi connectivity index (χ3n) is 2.99. The molecule has 0 aliphatic rings. The van der Waals surface area contributed by atoms with Gasteiger partial charge in [0.2, 0.25) is 5.91 Å². The normalized spacial score (nSPS) is 11.3. The summed E-state index contributed by atoms with van der Waals surface area (Å²) in [4.78, 5) is 16.3. The van der Waals surface area contributed by atoms with Gasteiger partial charge in [0, 0.05) is 17.6 Å². The predicted molar refractivity (Wildman–Crippen MR) is 111 cm³/mol. The number of aliphatic imine (C=N–C) groups is 1. The number of benzene rings is 1. The maximum atomic E-state index is 11.9. The molecule has 1 rings (SSSR count). The lowest BCUT2D eigenvalue weighted by molar-refractivity contribution is -0.121. The predicted octanol–water partition coefficient (Wildman–Crippen LogP) is 1.99. The molecule has 4 N–H and O–H groups in total. The second-order valence-electron chi connectivity index (χ2n) is 6.31. The minimum absolute atomic E-state index is 0. The summed E-state index contributed by atoms with van der Waals surface area (Å²) in [5.74, 6) is 0.872. The zero-order valence-corrected chi connectivity index (χ0v) is 17.8. The minimum Gasteiger partial charge on any atom is -0.504 e. The SMILES string of the molecule is CCNC(=NCc1cccc(OC)c1O)NCC(=O)NC(C)(C)C.I. The minimum atomic E-state index is -0.277. The second kappa shape index (κ2) is 11.0. The number of carbonyl (C=O) groups is 1. The Balaban J connectivity index is 0.00000576. The van der Waals surface area contributed by atoms with Crippen LogP contribution in [0.25, 0.3) is 0 Å². The second-order valence-corrected chi connectivity index (χ2v) is 6.31. The van der Waals surface area contributed by atoms with Crippen molar-refractivity contribution in [2.24, 2.45) is 4.99 Å². The maximum Gasteiger partial charge on any atom is 0.239 e. The smallest absolute Gasteiger partial charge is 0.239 e. The highest BCUT2D eigenvalue weighted by Gasteiger charge is 2.13. The molecule has 0 saturated heterocycles. The topological polar surface area (TPSA) is 95.0 Å². The molecule has 142 valence electrons. The van der Waals surface area contributed by atoms with Gasteiger partial charge in [0.05, 0.1) is 20.2 Å². The average Bonchev–Trinajstić information content (AvgIpc) is 2.49. The molecule has 0 radical (unpaired) electrons. The number of hydrogen-bond acceptors (Lipinski definition) is 4. The number of methoxy groups -OCH3 is 1. The number of para-hydroxylation sites is 1. The largest absolute Gasteiger partial charge is 0.504 e. The van der Waals surface area contributed by atoms with E-state index in [1.807, 2.05) is 27.7 Å². The monoisotopic (exact) mass is 464 g/mol. The molecule has 0 aromatic heterocycles. The first-order valence-electron chi connectivity index (χ1n) is 7.95. The Kier molecular flexibility index (Phi) is 10.3. The summed E-state index contributed by atoms with van der Waals surface area (Å²) in [6.45, 7) is 8.76. The van der Waals surface area contributed by atoms with Crippen molar-refractivity contribution in [3.8, 4) is 11.5 Å². The van der Waals surface area contributed by atoms with Gasteiger partial charge in [-0.2, -0.15) is 0 Å². The van der Waals surface area contributed by atoms with E-state index >= 15 is 0 Å². The lowest BCUT2D eigenvalue weighted by Crippen LogP contribution is -2.48. The third kappa shape index (κ3) is 8.80.